The van der Waals surface area contributed by atoms with Crippen LogP contribution in [0.1, 0.15) is 10.4 Å². The second kappa shape index (κ2) is 6.86. The second-order valence-corrected chi connectivity index (χ2v) is 5.11. The van der Waals surface area contributed by atoms with Gasteiger partial charge in [-0.25, -0.2) is 15.0 Å². The fraction of sp³-hybridized carbons (Fsp3) is 0.188. The van der Waals surface area contributed by atoms with Crippen LogP contribution >= 0.6 is 0 Å². The Hall–Kier alpha value is -3.29. The predicted molar refractivity (Wildman–Crippen MR) is 87.3 cm³/mol. The van der Waals surface area contributed by atoms with Crippen molar-refractivity contribution in [2.45, 2.75) is 6.54 Å². The highest BCUT2D eigenvalue weighted by Gasteiger charge is 2.11. The largest absolute Gasteiger partial charge is 0.350 e. The monoisotopic (exact) mass is 324 g/mol. The van der Waals surface area contributed by atoms with Crippen LogP contribution in [0.5, 0.6) is 0 Å². The first-order chi connectivity index (χ1) is 11.7. The summed E-state index contributed by atoms with van der Waals surface area (Å²) in [4.78, 5) is 36.6. The lowest BCUT2D eigenvalue weighted by molar-refractivity contribution is 0.0950. The van der Waals surface area contributed by atoms with Gasteiger partial charge in [-0.3, -0.25) is 9.59 Å². The maximum absolute atomic E-state index is 12.1. The number of nitrogens with zero attached hydrogens (tertiary/aromatic N) is 5. The van der Waals surface area contributed by atoms with Crippen LogP contribution in [0.15, 0.2) is 54.0 Å². The summed E-state index contributed by atoms with van der Waals surface area (Å²) < 4.78 is 3.22. The predicted octanol–water partition coefficient (Wildman–Crippen LogP) is 0.469. The Morgan fingerprint density at radius 3 is 2.71 bits per heavy atom. The third-order valence-electron chi connectivity index (χ3n) is 3.49. The standard InChI is InChI=1S/C16H16N6O2/c1-21-9-2-4-12(16(21)24)15(23)20-8-11-22-10-7-19-14(22)13-17-5-3-6-18-13/h2-7,9-10H,8,11H2,1H3,(H,20,23). The lowest BCUT2D eigenvalue weighted by Gasteiger charge is -2.08. The van der Waals surface area contributed by atoms with Crippen molar-refractivity contribution in [2.24, 2.45) is 7.05 Å². The second-order valence-electron chi connectivity index (χ2n) is 5.11. The fourth-order valence-electron chi connectivity index (χ4n) is 2.27. The van der Waals surface area contributed by atoms with Gasteiger partial charge in [0, 0.05) is 51.1 Å². The van der Waals surface area contributed by atoms with Crippen LogP contribution in [0.3, 0.4) is 0 Å². The molecule has 8 nitrogen and oxygen atoms in total. The topological polar surface area (TPSA) is 94.7 Å². The maximum atomic E-state index is 12.1. The number of carbonyl (C=O) groups excluding carboxylic acids is 1. The summed E-state index contributed by atoms with van der Waals surface area (Å²) in [6.45, 7) is 0.847. The summed E-state index contributed by atoms with van der Waals surface area (Å²) >= 11 is 0. The molecule has 0 radical (unpaired) electrons. The van der Waals surface area contributed by atoms with Crippen LogP contribution in [-0.2, 0) is 13.6 Å². The van der Waals surface area contributed by atoms with Gasteiger partial charge in [0.25, 0.3) is 11.5 Å². The molecule has 1 N–H and O–H groups in total. The number of pyridine rings is 1. The molecule has 0 bridgehead atoms. The molecule has 0 fully saturated rings. The third kappa shape index (κ3) is 3.22. The van der Waals surface area contributed by atoms with Gasteiger partial charge in [-0.2, -0.15) is 0 Å². The molecular formula is C16H16N6O2. The number of imidazole rings is 1. The van der Waals surface area contributed by atoms with Crippen LogP contribution in [0.4, 0.5) is 0 Å². The van der Waals surface area contributed by atoms with Crippen molar-refractivity contribution in [1.82, 2.24) is 29.4 Å². The lowest BCUT2D eigenvalue weighted by Crippen LogP contribution is -2.33. The zero-order valence-corrected chi connectivity index (χ0v) is 13.1. The van der Waals surface area contributed by atoms with E-state index in [-0.39, 0.29) is 11.1 Å². The summed E-state index contributed by atoms with van der Waals surface area (Å²) in [7, 11) is 1.61. The zero-order chi connectivity index (χ0) is 16.9. The Labute approximate surface area is 137 Å². The lowest BCUT2D eigenvalue weighted by atomic mass is 10.2. The smallest absolute Gasteiger partial charge is 0.263 e. The SMILES string of the molecule is Cn1cccc(C(=O)NCCn2ccnc2-c2ncccn2)c1=O. The fourth-order valence-corrected chi connectivity index (χ4v) is 2.27. The van der Waals surface area contributed by atoms with Crippen molar-refractivity contribution in [3.8, 4) is 11.6 Å². The van der Waals surface area contributed by atoms with Crippen LogP contribution in [0.25, 0.3) is 11.6 Å². The molecule has 0 atom stereocenters. The maximum Gasteiger partial charge on any atom is 0.263 e. The molecule has 3 aromatic heterocycles. The van der Waals surface area contributed by atoms with E-state index >= 15 is 0 Å². The minimum absolute atomic E-state index is 0.122. The van der Waals surface area contributed by atoms with Gasteiger partial charge in [0.15, 0.2) is 11.6 Å². The van der Waals surface area contributed by atoms with Crippen LogP contribution in [0.2, 0.25) is 0 Å². The molecule has 0 unspecified atom stereocenters. The first-order valence-electron chi connectivity index (χ1n) is 7.39. The summed E-state index contributed by atoms with van der Waals surface area (Å²) in [5.74, 6) is 0.750. The number of aryl methyl sites for hydroxylation is 1. The van der Waals surface area contributed by atoms with Crippen molar-refractivity contribution in [3.05, 3.63) is 65.1 Å². The number of rotatable bonds is 5. The molecule has 0 aliphatic carbocycles. The van der Waals surface area contributed by atoms with E-state index < -0.39 is 5.91 Å². The van der Waals surface area contributed by atoms with Crippen LogP contribution in [0, 0.1) is 0 Å². The van der Waals surface area contributed by atoms with E-state index in [2.05, 4.69) is 20.3 Å². The van der Waals surface area contributed by atoms with E-state index in [0.29, 0.717) is 24.7 Å². The van der Waals surface area contributed by atoms with Gasteiger partial charge in [-0.05, 0) is 18.2 Å². The minimum atomic E-state index is -0.395. The van der Waals surface area contributed by atoms with Gasteiger partial charge in [-0.1, -0.05) is 0 Å². The van der Waals surface area contributed by atoms with Gasteiger partial charge >= 0.3 is 0 Å². The highest BCUT2D eigenvalue weighted by Crippen LogP contribution is 2.10. The summed E-state index contributed by atoms with van der Waals surface area (Å²) in [5, 5.41) is 2.74. The molecule has 0 saturated heterocycles. The van der Waals surface area contributed by atoms with Crippen molar-refractivity contribution in [2.75, 3.05) is 6.54 Å². The zero-order valence-electron chi connectivity index (χ0n) is 13.1. The van der Waals surface area contributed by atoms with E-state index in [1.54, 1.807) is 50.2 Å². The number of hydrogen-bond donors (Lipinski definition) is 1. The van der Waals surface area contributed by atoms with Crippen LogP contribution < -0.4 is 10.9 Å². The Bertz CT molecular complexity index is 900. The Morgan fingerprint density at radius 1 is 1.12 bits per heavy atom. The van der Waals surface area contributed by atoms with Crippen molar-refractivity contribution >= 4 is 5.91 Å². The van der Waals surface area contributed by atoms with Crippen LogP contribution in [-0.4, -0.2) is 36.5 Å². The van der Waals surface area contributed by atoms with Gasteiger partial charge in [-0.15, -0.1) is 0 Å². The average molecular weight is 324 g/mol. The van der Waals surface area contributed by atoms with E-state index in [4.69, 9.17) is 0 Å². The average Bonchev–Trinajstić information content (AvgIpc) is 3.06. The van der Waals surface area contributed by atoms with Gasteiger partial charge in [0.2, 0.25) is 0 Å². The molecule has 0 aliphatic rings. The minimum Gasteiger partial charge on any atom is -0.350 e. The number of carbonyl (C=O) groups is 1. The molecule has 8 heteroatoms. The van der Waals surface area contributed by atoms with Gasteiger partial charge < -0.3 is 14.5 Å². The van der Waals surface area contributed by atoms with E-state index in [0.717, 1.165) is 0 Å². The van der Waals surface area contributed by atoms with E-state index in [9.17, 15) is 9.59 Å². The summed E-state index contributed by atoms with van der Waals surface area (Å²) in [6.07, 6.45) is 8.35. The molecule has 24 heavy (non-hydrogen) atoms. The number of aromatic nitrogens is 5. The van der Waals surface area contributed by atoms with Crippen molar-refractivity contribution in [1.29, 1.82) is 0 Å². The molecule has 0 aromatic carbocycles. The first kappa shape index (κ1) is 15.6. The normalized spacial score (nSPS) is 10.5. The Balaban J connectivity index is 1.66. The highest BCUT2D eigenvalue weighted by molar-refractivity contribution is 5.93. The Morgan fingerprint density at radius 2 is 1.92 bits per heavy atom. The highest BCUT2D eigenvalue weighted by atomic mass is 16.2. The summed E-state index contributed by atoms with van der Waals surface area (Å²) in [5.41, 5.74) is -0.201. The molecule has 3 aromatic rings. The van der Waals surface area contributed by atoms with Gasteiger partial charge in [0.05, 0.1) is 0 Å². The number of hydrogen-bond acceptors (Lipinski definition) is 5. The third-order valence-corrected chi connectivity index (χ3v) is 3.49. The first-order valence-corrected chi connectivity index (χ1v) is 7.39. The quantitative estimate of drug-likeness (QED) is 0.736. The molecule has 0 saturated carbocycles. The van der Waals surface area contributed by atoms with E-state index in [1.807, 2.05) is 4.57 Å². The molecule has 122 valence electrons. The molecule has 3 rings (SSSR count). The number of amides is 1. The molecule has 1 amide bonds. The molecular weight excluding hydrogens is 308 g/mol. The molecule has 0 spiro atoms. The Kier molecular flexibility index (Phi) is 4.46. The number of nitrogens with one attached hydrogen (secondary N) is 1. The molecule has 0 aliphatic heterocycles. The van der Waals surface area contributed by atoms with Crippen molar-refractivity contribution in [3.63, 3.8) is 0 Å². The van der Waals surface area contributed by atoms with E-state index in [1.165, 1.54) is 10.6 Å². The summed E-state index contributed by atoms with van der Waals surface area (Å²) in [6, 6.07) is 4.91. The van der Waals surface area contributed by atoms with Gasteiger partial charge in [0.1, 0.15) is 5.56 Å². The van der Waals surface area contributed by atoms with Crippen molar-refractivity contribution < 1.29 is 4.79 Å². The molecule has 3 heterocycles.